The van der Waals surface area contributed by atoms with E-state index in [1.54, 1.807) is 0 Å². The molecule has 0 saturated heterocycles. The lowest BCUT2D eigenvalue weighted by molar-refractivity contribution is 0.670. The summed E-state index contributed by atoms with van der Waals surface area (Å²) in [6.07, 6.45) is 0. The Bertz CT molecular complexity index is 3080. The molecular weight excluding hydrogens is 609 g/mol. The van der Waals surface area contributed by atoms with Crippen molar-refractivity contribution in [2.75, 3.05) is 0 Å². The van der Waals surface area contributed by atoms with Gasteiger partial charge < -0.3 is 8.83 Å². The van der Waals surface area contributed by atoms with Gasteiger partial charge in [0.25, 0.3) is 0 Å². The van der Waals surface area contributed by atoms with Crippen molar-refractivity contribution in [1.29, 1.82) is 0 Å². The van der Waals surface area contributed by atoms with Crippen molar-refractivity contribution < 1.29 is 8.83 Å². The minimum Gasteiger partial charge on any atom is -0.455 e. The fourth-order valence-corrected chi connectivity index (χ4v) is 8.35. The van der Waals surface area contributed by atoms with E-state index in [-0.39, 0.29) is 0 Å². The number of hydrogen-bond donors (Lipinski definition) is 0. The quantitative estimate of drug-likeness (QED) is 0.180. The topological polar surface area (TPSA) is 26.3 Å². The number of benzene rings is 9. The van der Waals surface area contributed by atoms with E-state index < -0.39 is 0 Å². The minimum atomic E-state index is 0.892. The molecule has 0 amide bonds. The molecular formula is C48H28O2. The lowest BCUT2D eigenvalue weighted by atomic mass is 9.83. The Morgan fingerprint density at radius 2 is 0.820 bits per heavy atom. The molecule has 2 heterocycles. The minimum absolute atomic E-state index is 0.892. The van der Waals surface area contributed by atoms with Crippen LogP contribution in [0.15, 0.2) is 179 Å². The van der Waals surface area contributed by atoms with Crippen molar-refractivity contribution >= 4 is 76.2 Å². The molecule has 0 aliphatic carbocycles. The molecule has 0 bridgehead atoms. The third-order valence-corrected chi connectivity index (χ3v) is 10.5. The zero-order valence-electron chi connectivity index (χ0n) is 27.0. The van der Waals surface area contributed by atoms with Crippen molar-refractivity contribution in [3.8, 4) is 33.4 Å². The van der Waals surface area contributed by atoms with Gasteiger partial charge in [0, 0.05) is 32.5 Å². The summed E-state index contributed by atoms with van der Waals surface area (Å²) in [5.74, 6) is 0. The number of para-hydroxylation sites is 1. The number of fused-ring (bicyclic) bond motifs is 10. The maximum absolute atomic E-state index is 6.72. The molecule has 11 rings (SSSR count). The molecule has 50 heavy (non-hydrogen) atoms. The van der Waals surface area contributed by atoms with Crippen molar-refractivity contribution in [3.05, 3.63) is 170 Å². The molecule has 2 nitrogen and oxygen atoms in total. The highest BCUT2D eigenvalue weighted by Crippen LogP contribution is 2.50. The molecule has 232 valence electrons. The van der Waals surface area contributed by atoms with E-state index in [9.17, 15) is 0 Å². The van der Waals surface area contributed by atoms with Gasteiger partial charge in [0.05, 0.1) is 0 Å². The van der Waals surface area contributed by atoms with Crippen molar-refractivity contribution in [2.24, 2.45) is 0 Å². The third kappa shape index (κ3) is 3.79. The lowest BCUT2D eigenvalue weighted by Crippen LogP contribution is -1.92. The molecule has 0 saturated carbocycles. The van der Waals surface area contributed by atoms with E-state index in [1.165, 1.54) is 49.2 Å². The number of rotatable bonds is 3. The maximum Gasteiger partial charge on any atom is 0.143 e. The van der Waals surface area contributed by atoms with Gasteiger partial charge in [0.1, 0.15) is 22.3 Å². The van der Waals surface area contributed by atoms with Gasteiger partial charge in [-0.3, -0.25) is 0 Å². The molecule has 0 aliphatic heterocycles. The monoisotopic (exact) mass is 636 g/mol. The second-order valence-corrected chi connectivity index (χ2v) is 13.1. The van der Waals surface area contributed by atoms with E-state index in [1.807, 2.05) is 0 Å². The van der Waals surface area contributed by atoms with Crippen LogP contribution in [-0.4, -0.2) is 0 Å². The number of hydrogen-bond acceptors (Lipinski definition) is 2. The summed E-state index contributed by atoms with van der Waals surface area (Å²) in [4.78, 5) is 0. The molecule has 0 aliphatic rings. The van der Waals surface area contributed by atoms with Crippen LogP contribution in [0.2, 0.25) is 0 Å². The highest BCUT2D eigenvalue weighted by molar-refractivity contribution is 6.29. The highest BCUT2D eigenvalue weighted by Gasteiger charge is 2.24. The zero-order valence-corrected chi connectivity index (χ0v) is 27.0. The summed E-state index contributed by atoms with van der Waals surface area (Å²) in [5, 5.41) is 11.7. The van der Waals surface area contributed by atoms with Gasteiger partial charge in [-0.25, -0.2) is 0 Å². The summed E-state index contributed by atoms with van der Waals surface area (Å²) >= 11 is 0. The molecule has 2 heteroatoms. The fourth-order valence-electron chi connectivity index (χ4n) is 8.35. The Labute approximate surface area is 287 Å². The van der Waals surface area contributed by atoms with Gasteiger partial charge in [0.15, 0.2) is 0 Å². The third-order valence-electron chi connectivity index (χ3n) is 10.5. The number of furan rings is 2. The summed E-state index contributed by atoms with van der Waals surface area (Å²) < 4.78 is 13.4. The Morgan fingerprint density at radius 3 is 1.54 bits per heavy atom. The van der Waals surface area contributed by atoms with Crippen LogP contribution in [0.25, 0.3) is 110 Å². The van der Waals surface area contributed by atoms with Crippen LogP contribution in [0.4, 0.5) is 0 Å². The molecule has 0 N–H and O–H groups in total. The standard InChI is InChI=1S/C48H28O2/c1-2-13-29(14-3-1)32-27-28-39(46-37-21-10-11-23-41(37)49-48(32)46)44-35-19-8-6-17-33(35)43(34-18-7-9-20-36(34)44)38-22-12-24-42-45(38)40-26-25-30-15-4-5-16-31(30)47(40)50-42/h1-28H. The summed E-state index contributed by atoms with van der Waals surface area (Å²) in [6.45, 7) is 0. The SMILES string of the molecule is c1ccc(-c2ccc(-c3c4ccccc4c(-c4cccc5oc6c7ccccc7ccc6c45)c4ccccc34)c3c2oc2ccccc23)cc1. The molecule has 0 radical (unpaired) electrons. The van der Waals surface area contributed by atoms with Crippen LogP contribution in [0.5, 0.6) is 0 Å². The summed E-state index contributed by atoms with van der Waals surface area (Å²) in [6, 6.07) is 60.6. The van der Waals surface area contributed by atoms with Crippen LogP contribution in [0, 0.1) is 0 Å². The fraction of sp³-hybridized carbons (Fsp3) is 0. The van der Waals surface area contributed by atoms with Crippen molar-refractivity contribution in [2.45, 2.75) is 0 Å². The molecule has 0 spiro atoms. The second kappa shape index (κ2) is 10.4. The van der Waals surface area contributed by atoms with E-state index in [0.29, 0.717) is 0 Å². The predicted octanol–water partition coefficient (Wildman–Crippen LogP) is 13.9. The first-order valence-corrected chi connectivity index (χ1v) is 17.1. The Balaban J connectivity index is 1.28. The summed E-state index contributed by atoms with van der Waals surface area (Å²) in [5.41, 5.74) is 10.6. The van der Waals surface area contributed by atoms with Crippen LogP contribution in [0.3, 0.4) is 0 Å². The summed E-state index contributed by atoms with van der Waals surface area (Å²) in [7, 11) is 0. The molecule has 9 aromatic carbocycles. The van der Waals surface area contributed by atoms with E-state index in [4.69, 9.17) is 8.83 Å². The van der Waals surface area contributed by atoms with Gasteiger partial charge in [-0.2, -0.15) is 0 Å². The van der Waals surface area contributed by atoms with E-state index in [0.717, 1.165) is 60.4 Å². The average Bonchev–Trinajstić information content (AvgIpc) is 3.77. The Hall–Kier alpha value is -6.64. The molecule has 0 unspecified atom stereocenters. The first kappa shape index (κ1) is 27.3. The van der Waals surface area contributed by atoms with Crippen molar-refractivity contribution in [1.82, 2.24) is 0 Å². The van der Waals surface area contributed by atoms with Gasteiger partial charge in [-0.15, -0.1) is 0 Å². The van der Waals surface area contributed by atoms with Gasteiger partial charge in [0.2, 0.25) is 0 Å². The van der Waals surface area contributed by atoms with Crippen LogP contribution in [-0.2, 0) is 0 Å². The van der Waals surface area contributed by atoms with E-state index in [2.05, 4.69) is 170 Å². The zero-order chi connectivity index (χ0) is 32.8. The first-order chi connectivity index (χ1) is 24.8. The highest BCUT2D eigenvalue weighted by atomic mass is 16.3. The van der Waals surface area contributed by atoms with Crippen LogP contribution in [0.1, 0.15) is 0 Å². The molecule has 11 aromatic rings. The molecule has 0 fully saturated rings. The Morgan fingerprint density at radius 1 is 0.280 bits per heavy atom. The van der Waals surface area contributed by atoms with E-state index >= 15 is 0 Å². The first-order valence-electron chi connectivity index (χ1n) is 17.1. The van der Waals surface area contributed by atoms with Crippen LogP contribution >= 0.6 is 0 Å². The Kier molecular flexibility index (Phi) is 5.70. The maximum atomic E-state index is 6.72. The van der Waals surface area contributed by atoms with Crippen LogP contribution < -0.4 is 0 Å². The molecule has 2 aromatic heterocycles. The van der Waals surface area contributed by atoms with Gasteiger partial charge in [-0.05, 0) is 79.0 Å². The lowest BCUT2D eigenvalue weighted by Gasteiger charge is -2.19. The van der Waals surface area contributed by atoms with Crippen molar-refractivity contribution in [3.63, 3.8) is 0 Å². The van der Waals surface area contributed by atoms with Gasteiger partial charge >= 0.3 is 0 Å². The largest absolute Gasteiger partial charge is 0.455 e. The average molecular weight is 637 g/mol. The normalized spacial score (nSPS) is 12.0. The molecule has 0 atom stereocenters. The second-order valence-electron chi connectivity index (χ2n) is 13.1. The smallest absolute Gasteiger partial charge is 0.143 e. The van der Waals surface area contributed by atoms with Gasteiger partial charge in [-0.1, -0.05) is 146 Å². The predicted molar refractivity (Wildman–Crippen MR) is 210 cm³/mol.